The summed E-state index contributed by atoms with van der Waals surface area (Å²) in [6.45, 7) is 3.67. The summed E-state index contributed by atoms with van der Waals surface area (Å²) < 4.78 is 5.65. The molecule has 0 spiro atoms. The highest BCUT2D eigenvalue weighted by Crippen LogP contribution is 2.56. The molecule has 0 bridgehead atoms. The third-order valence-corrected chi connectivity index (χ3v) is 7.74. The summed E-state index contributed by atoms with van der Waals surface area (Å²) in [5.74, 6) is -1.04. The summed E-state index contributed by atoms with van der Waals surface area (Å²) >= 11 is 1.32. The van der Waals surface area contributed by atoms with Gasteiger partial charge < -0.3 is 9.64 Å². The van der Waals surface area contributed by atoms with Crippen molar-refractivity contribution in [2.75, 3.05) is 16.3 Å². The predicted octanol–water partition coefficient (Wildman–Crippen LogP) is 3.34. The number of Topliss-reactive ketones (excluding diaryl/α,β-unsaturated/α-hetero) is 1. The van der Waals surface area contributed by atoms with Crippen molar-refractivity contribution < 1.29 is 23.9 Å². The normalized spacial score (nSPS) is 21.8. The minimum absolute atomic E-state index is 0.0323. The molecule has 164 valence electrons. The number of fused-ring (bicyclic) bond motifs is 4. The van der Waals surface area contributed by atoms with Crippen molar-refractivity contribution in [1.29, 1.82) is 0 Å². The van der Waals surface area contributed by atoms with Crippen molar-refractivity contribution in [3.63, 3.8) is 0 Å². The number of para-hydroxylation sites is 1. The molecule has 0 aromatic heterocycles. The van der Waals surface area contributed by atoms with E-state index in [4.69, 9.17) is 4.74 Å². The zero-order chi connectivity index (χ0) is 22.6. The van der Waals surface area contributed by atoms with Gasteiger partial charge in [-0.25, -0.2) is 4.79 Å². The predicted molar refractivity (Wildman–Crippen MR) is 120 cm³/mol. The number of hydrogen-bond donors (Lipinski definition) is 0. The van der Waals surface area contributed by atoms with Crippen LogP contribution in [0.1, 0.15) is 42.6 Å². The molecule has 0 radical (unpaired) electrons. The summed E-state index contributed by atoms with van der Waals surface area (Å²) in [5, 5.41) is 0. The van der Waals surface area contributed by atoms with Crippen molar-refractivity contribution in [2.45, 2.75) is 49.0 Å². The van der Waals surface area contributed by atoms with Crippen molar-refractivity contribution in [3.05, 3.63) is 53.6 Å². The number of hydrogen-bond acceptors (Lipinski definition) is 6. The number of rotatable bonds is 4. The van der Waals surface area contributed by atoms with Crippen LogP contribution in [0.2, 0.25) is 0 Å². The lowest BCUT2D eigenvalue weighted by atomic mass is 10.0. The first kappa shape index (κ1) is 20.8. The molecule has 2 aromatic rings. The molecule has 0 unspecified atom stereocenters. The first-order valence-corrected chi connectivity index (χ1v) is 11.4. The number of thioether (sulfide) groups is 1. The maximum atomic E-state index is 13.3. The van der Waals surface area contributed by atoms with Gasteiger partial charge in [-0.15, -0.1) is 0 Å². The van der Waals surface area contributed by atoms with Gasteiger partial charge in [0, 0.05) is 42.5 Å². The Labute approximate surface area is 189 Å². The van der Waals surface area contributed by atoms with Crippen molar-refractivity contribution in [3.8, 4) is 0 Å². The average Bonchev–Trinajstić information content (AvgIpc) is 3.44. The van der Waals surface area contributed by atoms with E-state index in [1.54, 1.807) is 30.0 Å². The lowest BCUT2D eigenvalue weighted by molar-refractivity contribution is -0.149. The number of esters is 1. The molecule has 7 nitrogen and oxygen atoms in total. The van der Waals surface area contributed by atoms with Crippen molar-refractivity contribution >= 4 is 46.7 Å². The molecule has 0 saturated carbocycles. The van der Waals surface area contributed by atoms with Crippen LogP contribution in [0, 0.1) is 0 Å². The highest BCUT2D eigenvalue weighted by Gasteiger charge is 2.59. The molecule has 2 aromatic carbocycles. The van der Waals surface area contributed by atoms with E-state index in [0.717, 1.165) is 16.1 Å². The van der Waals surface area contributed by atoms with Crippen LogP contribution in [-0.2, 0) is 25.5 Å². The number of carbonyl (C=O) groups is 4. The number of ether oxygens (including phenoxy) is 1. The van der Waals surface area contributed by atoms with Crippen LogP contribution in [0.15, 0.2) is 47.4 Å². The molecule has 0 N–H and O–H groups in total. The smallest absolute Gasteiger partial charge is 0.344 e. The fraction of sp³-hybridized carbons (Fsp3) is 0.333. The molecule has 5 rings (SSSR count). The van der Waals surface area contributed by atoms with Crippen LogP contribution >= 0.6 is 11.8 Å². The van der Waals surface area contributed by atoms with Gasteiger partial charge in [0.15, 0.2) is 11.0 Å². The highest BCUT2D eigenvalue weighted by molar-refractivity contribution is 8.02. The van der Waals surface area contributed by atoms with E-state index in [-0.39, 0.29) is 24.0 Å². The van der Waals surface area contributed by atoms with Gasteiger partial charge in [-0.05, 0) is 49.2 Å². The van der Waals surface area contributed by atoms with Crippen LogP contribution in [0.25, 0.3) is 0 Å². The molecule has 3 heterocycles. The van der Waals surface area contributed by atoms with Gasteiger partial charge in [0.2, 0.25) is 17.6 Å². The van der Waals surface area contributed by atoms with Crippen LogP contribution in [-0.4, -0.2) is 41.1 Å². The Kier molecular flexibility index (Phi) is 4.85. The summed E-state index contributed by atoms with van der Waals surface area (Å²) in [7, 11) is 0. The summed E-state index contributed by atoms with van der Waals surface area (Å²) in [5.41, 5.74) is 2.90. The standard InChI is InChI=1S/C24H22N2O5S/c1-14(22(29)17-7-8-18-16(13-17)10-12-25(18)15(2)27)31-23(30)24-11-9-21(28)26(24)19-5-3-4-6-20(19)32-24/h3-8,13-14H,9-12H2,1-2H3/t14-,24-/m0/s1. The molecule has 2 amide bonds. The van der Waals surface area contributed by atoms with Gasteiger partial charge in [-0.1, -0.05) is 23.9 Å². The molecule has 32 heavy (non-hydrogen) atoms. The molecule has 1 fully saturated rings. The maximum absolute atomic E-state index is 13.3. The summed E-state index contributed by atoms with van der Waals surface area (Å²) in [4.78, 5) is 53.5. The number of amides is 2. The fourth-order valence-electron chi connectivity index (χ4n) is 4.70. The molecule has 0 aliphatic carbocycles. The summed E-state index contributed by atoms with van der Waals surface area (Å²) in [6.07, 6.45) is 0.280. The SMILES string of the molecule is CC(=O)N1CCc2cc(C(=O)[C@H](C)OC(=O)[C@@]34CCC(=O)N3c3ccccc3S4)ccc21. The number of nitrogens with zero attached hydrogens (tertiary/aromatic N) is 2. The first-order chi connectivity index (χ1) is 15.3. The van der Waals surface area contributed by atoms with E-state index < -0.39 is 16.9 Å². The molecule has 8 heteroatoms. The third-order valence-electron chi connectivity index (χ3n) is 6.28. The minimum Gasteiger partial charge on any atom is -0.452 e. The van der Waals surface area contributed by atoms with Crippen LogP contribution in [0.5, 0.6) is 0 Å². The number of benzene rings is 2. The topological polar surface area (TPSA) is 84.0 Å². The van der Waals surface area contributed by atoms with Crippen molar-refractivity contribution in [2.24, 2.45) is 0 Å². The molecular formula is C24H22N2O5S. The average molecular weight is 451 g/mol. The second-order valence-corrected chi connectivity index (χ2v) is 9.58. The largest absolute Gasteiger partial charge is 0.452 e. The first-order valence-electron chi connectivity index (χ1n) is 10.6. The molecule has 3 aliphatic heterocycles. The molecule has 1 saturated heterocycles. The number of anilines is 2. The third kappa shape index (κ3) is 3.04. The van der Waals surface area contributed by atoms with E-state index in [0.29, 0.717) is 30.6 Å². The maximum Gasteiger partial charge on any atom is 0.344 e. The zero-order valence-electron chi connectivity index (χ0n) is 17.8. The van der Waals surface area contributed by atoms with Gasteiger partial charge in [-0.3, -0.25) is 19.3 Å². The van der Waals surface area contributed by atoms with Gasteiger partial charge in [-0.2, -0.15) is 0 Å². The van der Waals surface area contributed by atoms with Gasteiger partial charge in [0.1, 0.15) is 0 Å². The lowest BCUT2D eigenvalue weighted by Gasteiger charge is -2.29. The molecule has 3 aliphatic rings. The lowest BCUT2D eigenvalue weighted by Crippen LogP contribution is -2.49. The second kappa shape index (κ2) is 7.48. The van der Waals surface area contributed by atoms with Gasteiger partial charge in [0.05, 0.1) is 5.69 Å². The van der Waals surface area contributed by atoms with E-state index >= 15 is 0 Å². The quantitative estimate of drug-likeness (QED) is 0.525. The van der Waals surface area contributed by atoms with E-state index in [2.05, 4.69) is 0 Å². The van der Waals surface area contributed by atoms with Crippen LogP contribution in [0.4, 0.5) is 11.4 Å². The summed E-state index contributed by atoms with van der Waals surface area (Å²) in [6, 6.07) is 12.6. The van der Waals surface area contributed by atoms with E-state index in [1.807, 2.05) is 24.3 Å². The molecule has 2 atom stereocenters. The second-order valence-electron chi connectivity index (χ2n) is 8.26. The van der Waals surface area contributed by atoms with E-state index in [1.165, 1.54) is 23.6 Å². The monoisotopic (exact) mass is 450 g/mol. The Morgan fingerprint density at radius 3 is 2.66 bits per heavy atom. The Hall–Kier alpha value is -3.13. The number of carbonyl (C=O) groups excluding carboxylic acids is 4. The number of ketones is 1. The van der Waals surface area contributed by atoms with Gasteiger partial charge >= 0.3 is 5.97 Å². The molecular weight excluding hydrogens is 428 g/mol. The Bertz CT molecular complexity index is 1180. The Morgan fingerprint density at radius 1 is 1.09 bits per heavy atom. The Morgan fingerprint density at radius 2 is 1.88 bits per heavy atom. The highest BCUT2D eigenvalue weighted by atomic mass is 32.2. The zero-order valence-corrected chi connectivity index (χ0v) is 18.6. The van der Waals surface area contributed by atoms with Crippen molar-refractivity contribution in [1.82, 2.24) is 0 Å². The Balaban J connectivity index is 1.35. The fourth-order valence-corrected chi connectivity index (χ4v) is 6.10. The van der Waals surface area contributed by atoms with Gasteiger partial charge in [0.25, 0.3) is 0 Å². The minimum atomic E-state index is -1.16. The van der Waals surface area contributed by atoms with Crippen LogP contribution in [0.3, 0.4) is 0 Å². The van der Waals surface area contributed by atoms with Crippen LogP contribution < -0.4 is 9.80 Å². The van der Waals surface area contributed by atoms with E-state index in [9.17, 15) is 19.2 Å².